The summed E-state index contributed by atoms with van der Waals surface area (Å²) in [5.41, 5.74) is 0.816. The number of carbonyl (C=O) groups is 1. The van der Waals surface area contributed by atoms with Crippen molar-refractivity contribution in [3.63, 3.8) is 0 Å². The molecule has 1 N–H and O–H groups in total. The van der Waals surface area contributed by atoms with Crippen LogP contribution in [0.3, 0.4) is 0 Å². The van der Waals surface area contributed by atoms with Gasteiger partial charge in [-0.2, -0.15) is 5.26 Å². The third-order valence-electron chi connectivity index (χ3n) is 2.61. The van der Waals surface area contributed by atoms with Crippen LogP contribution in [0.4, 0.5) is 0 Å². The van der Waals surface area contributed by atoms with Crippen molar-refractivity contribution in [3.8, 4) is 6.07 Å². The minimum Gasteiger partial charge on any atom is -0.468 e. The summed E-state index contributed by atoms with van der Waals surface area (Å²) in [5.74, 6) is -0.311. The Morgan fingerprint density at radius 3 is 2.76 bits per heavy atom. The fraction of sp³-hybridized carbons (Fsp3) is 0.500. The molecule has 0 saturated heterocycles. The molecule has 0 radical (unpaired) electrons. The minimum atomic E-state index is -0.739. The summed E-state index contributed by atoms with van der Waals surface area (Å²) in [6.45, 7) is 4.03. The summed E-state index contributed by atoms with van der Waals surface area (Å²) in [5, 5.41) is 11.9. The predicted molar refractivity (Wildman–Crippen MR) is 63.1 cm³/mol. The Hall–Kier alpha value is -1.80. The van der Waals surface area contributed by atoms with Gasteiger partial charge in [0.15, 0.2) is 0 Å². The Balaban J connectivity index is 2.68. The van der Waals surface area contributed by atoms with Crippen LogP contribution in [0.15, 0.2) is 12.3 Å². The Bertz CT molecular complexity index is 455. The van der Waals surface area contributed by atoms with Crippen molar-refractivity contribution in [2.75, 3.05) is 7.11 Å². The van der Waals surface area contributed by atoms with Crippen molar-refractivity contribution >= 4 is 5.97 Å². The molecular formula is C12H17N3O2. The first kappa shape index (κ1) is 13.3. The van der Waals surface area contributed by atoms with Crippen molar-refractivity contribution in [1.82, 2.24) is 9.88 Å². The zero-order chi connectivity index (χ0) is 13.1. The molecule has 1 heterocycles. The summed E-state index contributed by atoms with van der Waals surface area (Å²) < 4.78 is 6.45. The highest BCUT2D eigenvalue weighted by Crippen LogP contribution is 2.10. The molecule has 0 unspecified atom stereocenters. The molecule has 0 saturated carbocycles. The van der Waals surface area contributed by atoms with Gasteiger partial charge in [-0.15, -0.1) is 0 Å². The molecule has 0 aliphatic carbocycles. The van der Waals surface area contributed by atoms with Crippen molar-refractivity contribution in [2.45, 2.75) is 25.9 Å². The van der Waals surface area contributed by atoms with Gasteiger partial charge in [0.2, 0.25) is 0 Å². The van der Waals surface area contributed by atoms with Crippen molar-refractivity contribution in [3.05, 3.63) is 23.5 Å². The lowest BCUT2D eigenvalue weighted by molar-refractivity contribution is -0.147. The SMILES string of the molecule is COC(=O)C(C)(C)NCc1cc(C#N)n(C)c1. The van der Waals surface area contributed by atoms with Crippen LogP contribution in [0.25, 0.3) is 0 Å². The zero-order valence-corrected chi connectivity index (χ0v) is 10.6. The molecule has 0 amide bonds. The number of rotatable bonds is 4. The van der Waals surface area contributed by atoms with E-state index in [-0.39, 0.29) is 5.97 Å². The van der Waals surface area contributed by atoms with Crippen LogP contribution in [0.2, 0.25) is 0 Å². The molecule has 5 heteroatoms. The quantitative estimate of drug-likeness (QED) is 0.789. The maximum absolute atomic E-state index is 11.4. The Morgan fingerprint density at radius 2 is 2.29 bits per heavy atom. The van der Waals surface area contributed by atoms with E-state index in [0.29, 0.717) is 12.2 Å². The average Bonchev–Trinajstić information content (AvgIpc) is 2.66. The van der Waals surface area contributed by atoms with Gasteiger partial charge in [0.05, 0.1) is 7.11 Å². The van der Waals surface area contributed by atoms with Gasteiger partial charge in [0.1, 0.15) is 17.3 Å². The number of ether oxygens (including phenoxy) is 1. The normalized spacial score (nSPS) is 11.0. The smallest absolute Gasteiger partial charge is 0.325 e. The molecule has 5 nitrogen and oxygen atoms in total. The van der Waals surface area contributed by atoms with Crippen molar-refractivity contribution in [1.29, 1.82) is 5.26 Å². The molecule has 0 aliphatic rings. The number of methoxy groups -OCH3 is 1. The fourth-order valence-corrected chi connectivity index (χ4v) is 1.49. The van der Waals surface area contributed by atoms with Crippen LogP contribution in [-0.2, 0) is 23.1 Å². The van der Waals surface area contributed by atoms with Gasteiger partial charge in [0.25, 0.3) is 0 Å². The molecule has 1 aromatic heterocycles. The molecule has 92 valence electrons. The first-order valence-electron chi connectivity index (χ1n) is 5.29. The van der Waals surface area contributed by atoms with E-state index in [4.69, 9.17) is 10.00 Å². The van der Waals surface area contributed by atoms with E-state index in [2.05, 4.69) is 11.4 Å². The van der Waals surface area contributed by atoms with E-state index in [0.717, 1.165) is 5.56 Å². The number of nitrogens with zero attached hydrogens (tertiary/aromatic N) is 2. The van der Waals surface area contributed by atoms with E-state index in [1.165, 1.54) is 7.11 Å². The van der Waals surface area contributed by atoms with Crippen LogP contribution in [-0.4, -0.2) is 23.2 Å². The number of aromatic nitrogens is 1. The summed E-state index contributed by atoms with van der Waals surface area (Å²) in [6, 6.07) is 3.88. The van der Waals surface area contributed by atoms with E-state index in [1.807, 2.05) is 13.2 Å². The lowest BCUT2D eigenvalue weighted by Crippen LogP contribution is -2.46. The minimum absolute atomic E-state index is 0.311. The number of nitrogens with one attached hydrogen (secondary N) is 1. The highest BCUT2D eigenvalue weighted by molar-refractivity contribution is 5.79. The highest BCUT2D eigenvalue weighted by atomic mass is 16.5. The second-order valence-corrected chi connectivity index (χ2v) is 4.43. The van der Waals surface area contributed by atoms with E-state index in [1.54, 1.807) is 24.5 Å². The van der Waals surface area contributed by atoms with E-state index in [9.17, 15) is 4.79 Å². The molecule has 0 spiro atoms. The largest absolute Gasteiger partial charge is 0.468 e. The number of hydrogen-bond acceptors (Lipinski definition) is 4. The van der Waals surface area contributed by atoms with Crippen molar-refractivity contribution in [2.24, 2.45) is 7.05 Å². The Labute approximate surface area is 101 Å². The monoisotopic (exact) mass is 235 g/mol. The highest BCUT2D eigenvalue weighted by Gasteiger charge is 2.27. The van der Waals surface area contributed by atoms with Crippen LogP contribution in [0, 0.1) is 11.3 Å². The lowest BCUT2D eigenvalue weighted by Gasteiger charge is -2.22. The van der Waals surface area contributed by atoms with Crippen LogP contribution >= 0.6 is 0 Å². The second-order valence-electron chi connectivity index (χ2n) is 4.43. The number of carbonyl (C=O) groups excluding carboxylic acids is 1. The van der Waals surface area contributed by atoms with Gasteiger partial charge in [-0.1, -0.05) is 0 Å². The number of nitriles is 1. The van der Waals surface area contributed by atoms with Gasteiger partial charge in [-0.25, -0.2) is 0 Å². The van der Waals surface area contributed by atoms with Crippen molar-refractivity contribution < 1.29 is 9.53 Å². The molecule has 0 aliphatic heterocycles. The van der Waals surface area contributed by atoms with Gasteiger partial charge in [0, 0.05) is 19.8 Å². The summed E-state index contributed by atoms with van der Waals surface area (Å²) in [7, 11) is 3.18. The van der Waals surface area contributed by atoms with Gasteiger partial charge in [-0.05, 0) is 25.5 Å². The number of hydrogen-bond donors (Lipinski definition) is 1. The molecule has 0 bridgehead atoms. The lowest BCUT2D eigenvalue weighted by atomic mass is 10.1. The van der Waals surface area contributed by atoms with Gasteiger partial charge in [-0.3, -0.25) is 10.1 Å². The van der Waals surface area contributed by atoms with Gasteiger partial charge < -0.3 is 9.30 Å². The zero-order valence-electron chi connectivity index (χ0n) is 10.6. The summed E-state index contributed by atoms with van der Waals surface area (Å²) in [6.07, 6.45) is 1.86. The maximum Gasteiger partial charge on any atom is 0.325 e. The molecule has 0 fully saturated rings. The van der Waals surface area contributed by atoms with E-state index >= 15 is 0 Å². The first-order valence-corrected chi connectivity index (χ1v) is 5.29. The predicted octanol–water partition coefficient (Wildman–Crippen LogP) is 0.938. The van der Waals surface area contributed by atoms with Gasteiger partial charge >= 0.3 is 5.97 Å². The molecular weight excluding hydrogens is 218 g/mol. The van der Waals surface area contributed by atoms with Crippen LogP contribution in [0.1, 0.15) is 25.1 Å². The van der Waals surface area contributed by atoms with Crippen LogP contribution in [0.5, 0.6) is 0 Å². The maximum atomic E-state index is 11.4. The summed E-state index contributed by atoms with van der Waals surface area (Å²) in [4.78, 5) is 11.4. The molecule has 0 atom stereocenters. The standard InChI is InChI=1S/C12H17N3O2/c1-12(2,11(16)17-4)14-7-9-5-10(6-13)15(3)8-9/h5,8,14H,7H2,1-4H3. The topological polar surface area (TPSA) is 67.0 Å². The average molecular weight is 235 g/mol. The number of esters is 1. The Kier molecular flexibility index (Phi) is 3.92. The second kappa shape index (κ2) is 5.02. The molecule has 1 rings (SSSR count). The molecule has 1 aromatic rings. The molecule has 0 aromatic carbocycles. The van der Waals surface area contributed by atoms with E-state index < -0.39 is 5.54 Å². The number of aryl methyl sites for hydroxylation is 1. The molecule has 17 heavy (non-hydrogen) atoms. The van der Waals surface area contributed by atoms with Crippen LogP contribution < -0.4 is 5.32 Å². The third kappa shape index (κ3) is 3.08. The summed E-state index contributed by atoms with van der Waals surface area (Å²) >= 11 is 0. The first-order chi connectivity index (χ1) is 7.90. The third-order valence-corrected chi connectivity index (χ3v) is 2.61. The Morgan fingerprint density at radius 1 is 1.65 bits per heavy atom. The fourth-order valence-electron chi connectivity index (χ4n) is 1.49.